The fourth-order valence-corrected chi connectivity index (χ4v) is 3.15. The molecular weight excluding hydrogens is 406 g/mol. The Kier molecular flexibility index (Phi) is 6.64. The molecule has 0 aliphatic rings. The minimum absolute atomic E-state index is 0.368. The summed E-state index contributed by atoms with van der Waals surface area (Å²) in [5.74, 6) is 1.13. The highest BCUT2D eigenvalue weighted by molar-refractivity contribution is 6.30. The number of amides is 2. The molecule has 1 aromatic heterocycles. The lowest BCUT2D eigenvalue weighted by Gasteiger charge is -2.22. The van der Waals surface area contributed by atoms with Crippen molar-refractivity contribution in [2.75, 3.05) is 12.4 Å². The first-order chi connectivity index (χ1) is 14.3. The highest BCUT2D eigenvalue weighted by Gasteiger charge is 2.30. The number of hydrogen-bond donors (Lipinski definition) is 3. The molecule has 0 bridgehead atoms. The van der Waals surface area contributed by atoms with Crippen LogP contribution in [-0.2, 0) is 12.0 Å². The SMILES string of the molecule is COc1ccc(CC(NC(=O)Nc2ccc(Cl)cc2)c2ocnc2C(C)(C)O)cc1. The number of nitrogens with one attached hydrogen (secondary N) is 2. The molecule has 0 radical (unpaired) electrons. The van der Waals surface area contributed by atoms with Gasteiger partial charge in [-0.2, -0.15) is 0 Å². The molecule has 1 heterocycles. The van der Waals surface area contributed by atoms with Crippen LogP contribution in [0.15, 0.2) is 59.3 Å². The van der Waals surface area contributed by atoms with Crippen molar-refractivity contribution in [1.29, 1.82) is 0 Å². The molecule has 0 aliphatic carbocycles. The lowest BCUT2D eigenvalue weighted by atomic mass is 9.96. The van der Waals surface area contributed by atoms with Gasteiger partial charge in [0, 0.05) is 17.1 Å². The van der Waals surface area contributed by atoms with E-state index in [-0.39, 0.29) is 0 Å². The number of hydrogen-bond acceptors (Lipinski definition) is 5. The van der Waals surface area contributed by atoms with E-state index in [2.05, 4.69) is 15.6 Å². The number of methoxy groups -OCH3 is 1. The second-order valence-electron chi connectivity index (χ2n) is 7.33. The molecule has 7 nitrogen and oxygen atoms in total. The second-order valence-corrected chi connectivity index (χ2v) is 7.77. The molecule has 8 heteroatoms. The molecule has 3 aromatic rings. The third-order valence-electron chi connectivity index (χ3n) is 4.50. The van der Waals surface area contributed by atoms with E-state index >= 15 is 0 Å². The Morgan fingerprint density at radius 1 is 1.20 bits per heavy atom. The van der Waals surface area contributed by atoms with Crippen LogP contribution in [-0.4, -0.2) is 23.2 Å². The van der Waals surface area contributed by atoms with E-state index in [1.54, 1.807) is 45.2 Å². The smallest absolute Gasteiger partial charge is 0.319 e. The van der Waals surface area contributed by atoms with Gasteiger partial charge in [-0.25, -0.2) is 9.78 Å². The van der Waals surface area contributed by atoms with E-state index in [1.165, 1.54) is 6.39 Å². The normalized spacial score (nSPS) is 12.3. The molecule has 1 atom stereocenters. The van der Waals surface area contributed by atoms with Crippen LogP contribution in [0.2, 0.25) is 5.02 Å². The second kappa shape index (κ2) is 9.19. The van der Waals surface area contributed by atoms with Crippen LogP contribution in [0.4, 0.5) is 10.5 Å². The van der Waals surface area contributed by atoms with Crippen molar-refractivity contribution < 1.29 is 19.1 Å². The van der Waals surface area contributed by atoms with E-state index in [9.17, 15) is 9.90 Å². The van der Waals surface area contributed by atoms with Gasteiger partial charge < -0.3 is 24.9 Å². The van der Waals surface area contributed by atoms with Gasteiger partial charge in [0.15, 0.2) is 12.2 Å². The van der Waals surface area contributed by atoms with E-state index in [4.69, 9.17) is 20.8 Å². The van der Waals surface area contributed by atoms with Gasteiger partial charge in [-0.3, -0.25) is 0 Å². The highest BCUT2D eigenvalue weighted by Crippen LogP contribution is 2.29. The molecule has 0 spiro atoms. The van der Waals surface area contributed by atoms with Crippen molar-refractivity contribution in [3.05, 3.63) is 77.0 Å². The maximum atomic E-state index is 12.7. The number of carbonyl (C=O) groups is 1. The van der Waals surface area contributed by atoms with Gasteiger partial charge >= 0.3 is 6.03 Å². The Morgan fingerprint density at radius 3 is 2.47 bits per heavy atom. The number of carbonyl (C=O) groups excluding carboxylic acids is 1. The van der Waals surface area contributed by atoms with Gasteiger partial charge in [-0.15, -0.1) is 0 Å². The Bertz CT molecular complexity index is 979. The fourth-order valence-electron chi connectivity index (χ4n) is 3.03. The first-order valence-corrected chi connectivity index (χ1v) is 9.76. The summed E-state index contributed by atoms with van der Waals surface area (Å²) >= 11 is 5.89. The van der Waals surface area contributed by atoms with E-state index in [0.717, 1.165) is 11.3 Å². The third kappa shape index (κ3) is 5.52. The summed E-state index contributed by atoms with van der Waals surface area (Å²) in [7, 11) is 1.60. The minimum Gasteiger partial charge on any atom is -0.497 e. The van der Waals surface area contributed by atoms with E-state index in [0.29, 0.717) is 28.6 Å². The largest absolute Gasteiger partial charge is 0.497 e. The maximum absolute atomic E-state index is 12.7. The van der Waals surface area contributed by atoms with Crippen LogP contribution in [0.1, 0.15) is 36.9 Å². The number of rotatable bonds is 7. The van der Waals surface area contributed by atoms with Gasteiger partial charge in [-0.05, 0) is 55.8 Å². The average molecular weight is 430 g/mol. The summed E-state index contributed by atoms with van der Waals surface area (Å²) in [4.78, 5) is 16.8. The molecule has 0 saturated carbocycles. The van der Waals surface area contributed by atoms with Crippen molar-refractivity contribution in [3.8, 4) is 5.75 Å². The summed E-state index contributed by atoms with van der Waals surface area (Å²) in [6, 6.07) is 13.3. The van der Waals surface area contributed by atoms with Gasteiger partial charge in [0.2, 0.25) is 0 Å². The number of anilines is 1. The van der Waals surface area contributed by atoms with Gasteiger partial charge in [-0.1, -0.05) is 23.7 Å². The molecule has 158 valence electrons. The Hall–Kier alpha value is -3.03. The van der Waals surface area contributed by atoms with Crippen LogP contribution >= 0.6 is 11.6 Å². The lowest BCUT2D eigenvalue weighted by molar-refractivity contribution is 0.0715. The van der Waals surface area contributed by atoms with Crippen molar-refractivity contribution in [3.63, 3.8) is 0 Å². The van der Waals surface area contributed by atoms with E-state index in [1.807, 2.05) is 24.3 Å². The monoisotopic (exact) mass is 429 g/mol. The first kappa shape index (κ1) is 21.7. The standard InChI is InChI=1S/C22H24ClN3O4/c1-22(2,28)20-19(30-13-24-20)18(12-14-4-10-17(29-3)11-5-14)26-21(27)25-16-8-6-15(23)7-9-16/h4-11,13,18,28H,12H2,1-3H3,(H2,25,26,27). The van der Waals surface area contributed by atoms with Crippen LogP contribution in [0, 0.1) is 0 Å². The summed E-state index contributed by atoms with van der Waals surface area (Å²) in [5.41, 5.74) is 0.688. The zero-order valence-corrected chi connectivity index (χ0v) is 17.7. The number of aromatic nitrogens is 1. The molecular formula is C22H24ClN3O4. The fraction of sp³-hybridized carbons (Fsp3) is 0.273. The van der Waals surface area contributed by atoms with Crippen LogP contribution in [0.25, 0.3) is 0 Å². The van der Waals surface area contributed by atoms with Crippen LogP contribution < -0.4 is 15.4 Å². The summed E-state index contributed by atoms with van der Waals surface area (Å²) < 4.78 is 10.8. The maximum Gasteiger partial charge on any atom is 0.319 e. The molecule has 2 aromatic carbocycles. The van der Waals surface area contributed by atoms with Gasteiger partial charge in [0.25, 0.3) is 0 Å². The number of aliphatic hydroxyl groups is 1. The molecule has 30 heavy (non-hydrogen) atoms. The predicted molar refractivity (Wildman–Crippen MR) is 115 cm³/mol. The Balaban J connectivity index is 1.84. The minimum atomic E-state index is -1.23. The average Bonchev–Trinajstić information content (AvgIpc) is 3.20. The topological polar surface area (TPSA) is 96.6 Å². The Morgan fingerprint density at radius 2 is 1.87 bits per heavy atom. The van der Waals surface area contributed by atoms with Gasteiger partial charge in [0.05, 0.1) is 13.2 Å². The highest BCUT2D eigenvalue weighted by atomic mass is 35.5. The summed E-state index contributed by atoms with van der Waals surface area (Å²) in [6.07, 6.45) is 1.69. The third-order valence-corrected chi connectivity index (χ3v) is 4.75. The number of ether oxygens (including phenoxy) is 1. The zero-order valence-electron chi connectivity index (χ0n) is 17.0. The van der Waals surface area contributed by atoms with Crippen molar-refractivity contribution >= 4 is 23.3 Å². The lowest BCUT2D eigenvalue weighted by Crippen LogP contribution is -2.35. The van der Waals surface area contributed by atoms with Crippen molar-refractivity contribution in [1.82, 2.24) is 10.3 Å². The molecule has 0 fully saturated rings. The molecule has 1 unspecified atom stereocenters. The number of halogens is 1. The first-order valence-electron chi connectivity index (χ1n) is 9.38. The number of oxazole rings is 1. The van der Waals surface area contributed by atoms with Gasteiger partial charge in [0.1, 0.15) is 17.0 Å². The van der Waals surface area contributed by atoms with Crippen LogP contribution in [0.3, 0.4) is 0 Å². The van der Waals surface area contributed by atoms with Crippen LogP contribution in [0.5, 0.6) is 5.75 Å². The molecule has 3 N–H and O–H groups in total. The van der Waals surface area contributed by atoms with Crippen molar-refractivity contribution in [2.45, 2.75) is 31.9 Å². The molecule has 3 rings (SSSR count). The molecule has 0 saturated heterocycles. The van der Waals surface area contributed by atoms with Crippen molar-refractivity contribution in [2.24, 2.45) is 0 Å². The number of benzene rings is 2. The molecule has 0 aliphatic heterocycles. The number of nitrogens with zero attached hydrogens (tertiary/aromatic N) is 1. The number of urea groups is 1. The summed E-state index contributed by atoms with van der Waals surface area (Å²) in [5, 5.41) is 16.7. The summed E-state index contributed by atoms with van der Waals surface area (Å²) in [6.45, 7) is 3.24. The predicted octanol–water partition coefficient (Wildman–Crippen LogP) is 4.67. The molecule has 2 amide bonds. The van der Waals surface area contributed by atoms with E-state index < -0.39 is 17.7 Å². The Labute approximate surface area is 180 Å². The zero-order chi connectivity index (χ0) is 21.7. The quantitative estimate of drug-likeness (QED) is 0.507.